The maximum atomic E-state index is 8.63. The van der Waals surface area contributed by atoms with Crippen LogP contribution in [0.25, 0.3) is 0 Å². The van der Waals surface area contributed by atoms with Crippen LogP contribution in [0.2, 0.25) is 0 Å². The molecule has 3 heteroatoms. The van der Waals surface area contributed by atoms with Crippen molar-refractivity contribution in [1.82, 2.24) is 0 Å². The first-order chi connectivity index (χ1) is 24.1. The van der Waals surface area contributed by atoms with E-state index in [1.54, 1.807) is 150 Å². The van der Waals surface area contributed by atoms with Gasteiger partial charge in [-0.15, -0.1) is 0 Å². The van der Waals surface area contributed by atoms with Gasteiger partial charge in [0.25, 0.3) is 0 Å². The van der Waals surface area contributed by atoms with Crippen molar-refractivity contribution >= 4 is 0 Å². The van der Waals surface area contributed by atoms with Crippen molar-refractivity contribution in [2.24, 2.45) is 47.3 Å². The summed E-state index contributed by atoms with van der Waals surface area (Å²) in [6.07, 6.45) is 19.1. The fourth-order valence-electron chi connectivity index (χ4n) is 9.32. The van der Waals surface area contributed by atoms with Crippen LogP contribution in [0, 0.1) is 47.3 Å². The molecule has 276 valence electrons. The maximum absolute atomic E-state index is 8.63. The number of hydrogen-bond acceptors (Lipinski definition) is 3. The Balaban J connectivity index is 0.000000294. The first kappa shape index (κ1) is 44.1. The summed E-state index contributed by atoms with van der Waals surface area (Å²) in [5.74, 6) is 10.6. The Kier molecular flexibility index (Phi) is 24.2. The monoisotopic (exact) mass is 675 g/mol. The molecule has 6 aliphatic rings. The summed E-state index contributed by atoms with van der Waals surface area (Å²) in [6, 6.07) is 26.1. The summed E-state index contributed by atoms with van der Waals surface area (Å²) in [5, 5.41) is 25.9. The van der Waals surface area contributed by atoms with Crippen LogP contribution in [0.5, 0.6) is 17.2 Å². The summed E-state index contributed by atoms with van der Waals surface area (Å²) in [7, 11) is 0. The van der Waals surface area contributed by atoms with Gasteiger partial charge in [-0.2, -0.15) is 0 Å². The van der Waals surface area contributed by atoms with Crippen LogP contribution in [0.4, 0.5) is 0 Å². The Morgan fingerprint density at radius 1 is 0.327 bits per heavy atom. The summed E-state index contributed by atoms with van der Waals surface area (Å²) < 4.78 is 0. The second kappa shape index (κ2) is 26.9. The average molecular weight is 675 g/mol. The summed E-state index contributed by atoms with van der Waals surface area (Å²) in [5.41, 5.74) is 0. The summed E-state index contributed by atoms with van der Waals surface area (Å²) >= 11 is 0. The van der Waals surface area contributed by atoms with Gasteiger partial charge in [0, 0.05) is 0 Å². The van der Waals surface area contributed by atoms with E-state index in [1.807, 2.05) is 73.6 Å². The standard InChI is InChI=1S/2C10H16.3C6H6O.4C2H6/c2*1-2-9-7-4-5-8(6-7)10(9)3-1;3*7-6-4-2-1-3-5-6;4*1-2/h2*7-10H,1-6H2;3*1-5,7H;4*1-2H3. The van der Waals surface area contributed by atoms with Crippen molar-refractivity contribution in [1.29, 1.82) is 0 Å². The lowest BCUT2D eigenvalue weighted by atomic mass is 9.82. The van der Waals surface area contributed by atoms with E-state index in [-0.39, 0.29) is 0 Å². The fourth-order valence-corrected chi connectivity index (χ4v) is 9.32. The van der Waals surface area contributed by atoms with Crippen LogP contribution < -0.4 is 0 Å². The highest BCUT2D eigenvalue weighted by molar-refractivity contribution is 5.19. The Morgan fingerprint density at radius 2 is 0.531 bits per heavy atom. The second-order valence-corrected chi connectivity index (χ2v) is 13.2. The molecular weight excluding hydrogens is 601 g/mol. The number of hydrogen-bond donors (Lipinski definition) is 3. The quantitative estimate of drug-likeness (QED) is 0.222. The van der Waals surface area contributed by atoms with Crippen LogP contribution >= 0.6 is 0 Å². The van der Waals surface area contributed by atoms with Crippen molar-refractivity contribution in [2.75, 3.05) is 0 Å². The van der Waals surface area contributed by atoms with Gasteiger partial charge < -0.3 is 15.3 Å². The molecule has 6 aliphatic carbocycles. The Labute approximate surface area is 302 Å². The molecule has 9 rings (SSSR count). The van der Waals surface area contributed by atoms with Gasteiger partial charge in [-0.05, 0) is 148 Å². The Morgan fingerprint density at radius 3 is 0.694 bits per heavy atom. The van der Waals surface area contributed by atoms with Gasteiger partial charge in [0.2, 0.25) is 0 Å². The van der Waals surface area contributed by atoms with Gasteiger partial charge in [-0.3, -0.25) is 0 Å². The molecule has 0 aromatic heterocycles. The third kappa shape index (κ3) is 14.8. The van der Waals surface area contributed by atoms with Crippen LogP contribution in [-0.2, 0) is 0 Å². The lowest BCUT2D eigenvalue weighted by Gasteiger charge is -2.23. The van der Waals surface area contributed by atoms with Gasteiger partial charge in [0.05, 0.1) is 0 Å². The molecule has 6 saturated carbocycles. The van der Waals surface area contributed by atoms with Crippen LogP contribution in [0.15, 0.2) is 91.0 Å². The highest BCUT2D eigenvalue weighted by Gasteiger charge is 2.49. The van der Waals surface area contributed by atoms with Crippen LogP contribution in [0.1, 0.15) is 132 Å². The van der Waals surface area contributed by atoms with Crippen LogP contribution in [0.3, 0.4) is 0 Å². The molecule has 3 N–H and O–H groups in total. The first-order valence-electron chi connectivity index (χ1n) is 20.3. The van der Waals surface area contributed by atoms with E-state index < -0.39 is 0 Å². The number of para-hydroxylation sites is 3. The molecule has 49 heavy (non-hydrogen) atoms. The minimum absolute atomic E-state index is 0.322. The van der Waals surface area contributed by atoms with Gasteiger partial charge in [-0.1, -0.05) is 123 Å². The minimum atomic E-state index is 0.322. The molecule has 0 amide bonds. The van der Waals surface area contributed by atoms with Crippen molar-refractivity contribution in [2.45, 2.75) is 132 Å². The summed E-state index contributed by atoms with van der Waals surface area (Å²) in [4.78, 5) is 0. The number of phenolic OH excluding ortho intramolecular Hbond substituents is 3. The lowest BCUT2D eigenvalue weighted by Crippen LogP contribution is -2.15. The molecule has 3 aromatic rings. The van der Waals surface area contributed by atoms with E-state index in [4.69, 9.17) is 15.3 Å². The molecule has 0 saturated heterocycles. The van der Waals surface area contributed by atoms with E-state index in [0.29, 0.717) is 17.2 Å². The molecule has 4 bridgehead atoms. The lowest BCUT2D eigenvalue weighted by molar-refractivity contribution is 0.259. The summed E-state index contributed by atoms with van der Waals surface area (Å²) in [6.45, 7) is 16.0. The van der Waals surface area contributed by atoms with E-state index >= 15 is 0 Å². The van der Waals surface area contributed by atoms with Crippen molar-refractivity contribution in [3.05, 3.63) is 91.0 Å². The SMILES string of the molecule is C1CC2C3CCC(C3)C2C1.C1CC2C3CCC(C3)C2C1.CC.CC.CC.CC.Oc1ccccc1.Oc1ccccc1.Oc1ccccc1. The predicted octanol–water partition coefficient (Wildman–Crippen LogP) is 13.9. The highest BCUT2D eigenvalue weighted by atomic mass is 16.3. The molecular formula is C46H74O3. The number of benzene rings is 3. The zero-order valence-corrected chi connectivity index (χ0v) is 32.6. The first-order valence-corrected chi connectivity index (χ1v) is 20.3. The van der Waals surface area contributed by atoms with Gasteiger partial charge in [-0.25, -0.2) is 0 Å². The van der Waals surface area contributed by atoms with Crippen molar-refractivity contribution in [3.8, 4) is 17.2 Å². The van der Waals surface area contributed by atoms with Gasteiger partial charge >= 0.3 is 0 Å². The molecule has 3 aromatic carbocycles. The maximum Gasteiger partial charge on any atom is 0.115 e. The van der Waals surface area contributed by atoms with E-state index in [2.05, 4.69) is 0 Å². The van der Waals surface area contributed by atoms with E-state index in [9.17, 15) is 0 Å². The smallest absolute Gasteiger partial charge is 0.115 e. The molecule has 0 aliphatic heterocycles. The third-order valence-electron chi connectivity index (χ3n) is 11.0. The predicted molar refractivity (Wildman–Crippen MR) is 213 cm³/mol. The van der Waals surface area contributed by atoms with Gasteiger partial charge in [0.15, 0.2) is 0 Å². The van der Waals surface area contributed by atoms with Gasteiger partial charge in [0.1, 0.15) is 17.2 Å². The highest BCUT2D eigenvalue weighted by Crippen LogP contribution is 2.59. The molecule has 6 fully saturated rings. The topological polar surface area (TPSA) is 60.7 Å². The normalized spacial score (nSPS) is 27.7. The second-order valence-electron chi connectivity index (χ2n) is 13.2. The number of phenols is 3. The van der Waals surface area contributed by atoms with Crippen molar-refractivity contribution < 1.29 is 15.3 Å². The molecule has 8 unspecified atom stereocenters. The number of rotatable bonds is 0. The molecule has 8 atom stereocenters. The number of aromatic hydroxyl groups is 3. The molecule has 3 nitrogen and oxygen atoms in total. The Hall–Kier alpha value is -2.94. The molecule has 0 spiro atoms. The van der Waals surface area contributed by atoms with E-state index in [1.165, 1.54) is 47.3 Å². The Bertz CT molecular complexity index is 978. The zero-order valence-electron chi connectivity index (χ0n) is 32.6. The average Bonchev–Trinajstić information content (AvgIpc) is 4.03. The fraction of sp³-hybridized carbons (Fsp3) is 0.609. The van der Waals surface area contributed by atoms with Crippen LogP contribution in [-0.4, -0.2) is 15.3 Å². The largest absolute Gasteiger partial charge is 0.508 e. The van der Waals surface area contributed by atoms with E-state index in [0.717, 1.165) is 0 Å². The number of fused-ring (bicyclic) bond motifs is 10. The molecule has 0 radical (unpaired) electrons. The molecule has 0 heterocycles. The zero-order chi connectivity index (χ0) is 36.4. The third-order valence-corrected chi connectivity index (χ3v) is 11.0. The minimum Gasteiger partial charge on any atom is -0.508 e. The van der Waals surface area contributed by atoms with Crippen molar-refractivity contribution in [3.63, 3.8) is 0 Å².